The highest BCUT2D eigenvalue weighted by atomic mass is 79.9. The number of rotatable bonds is 9. The average Bonchev–Trinajstić information content (AvgIpc) is 3.45. The van der Waals surface area contributed by atoms with Crippen molar-refractivity contribution in [3.05, 3.63) is 97.6 Å². The SMILES string of the molecule is CCCC1=C(C(=O)OCC)[C@H](c2cc(Br)ccc2OC)n2c(s/c(=C\c3cc(Br)c(Sc4nc(C)cc(=O)[nH]4)o3)c2=O)=N1. The molecule has 5 rings (SSSR count). The van der Waals surface area contributed by atoms with Gasteiger partial charge in [-0.2, -0.15) is 0 Å². The highest BCUT2D eigenvalue weighted by molar-refractivity contribution is 9.10. The molecule has 0 spiro atoms. The molecule has 1 N–H and O–H groups in total. The molecule has 0 unspecified atom stereocenters. The molecule has 4 heterocycles. The van der Waals surface area contributed by atoms with Crippen LogP contribution in [0, 0.1) is 6.92 Å². The van der Waals surface area contributed by atoms with Crippen molar-refractivity contribution in [1.82, 2.24) is 14.5 Å². The third-order valence-electron chi connectivity index (χ3n) is 6.36. The number of hydrogen-bond donors (Lipinski definition) is 1. The van der Waals surface area contributed by atoms with Crippen LogP contribution in [0.2, 0.25) is 0 Å². The topological polar surface area (TPSA) is 129 Å². The van der Waals surface area contributed by atoms with Crippen LogP contribution in [0.25, 0.3) is 6.08 Å². The highest BCUT2D eigenvalue weighted by Crippen LogP contribution is 2.38. The maximum Gasteiger partial charge on any atom is 0.338 e. The van der Waals surface area contributed by atoms with E-state index in [0.717, 1.165) is 22.7 Å². The van der Waals surface area contributed by atoms with E-state index in [1.165, 1.54) is 22.0 Å². The van der Waals surface area contributed by atoms with E-state index in [9.17, 15) is 14.4 Å². The first-order valence-electron chi connectivity index (χ1n) is 13.2. The fourth-order valence-electron chi connectivity index (χ4n) is 4.66. The zero-order valence-corrected chi connectivity index (χ0v) is 28.3. The highest BCUT2D eigenvalue weighted by Gasteiger charge is 2.36. The number of fused-ring (bicyclic) bond motifs is 1. The van der Waals surface area contributed by atoms with Crippen LogP contribution in [-0.2, 0) is 9.53 Å². The van der Waals surface area contributed by atoms with Gasteiger partial charge in [-0.1, -0.05) is 40.6 Å². The summed E-state index contributed by atoms with van der Waals surface area (Å²) in [6.45, 7) is 5.65. The smallest absolute Gasteiger partial charge is 0.338 e. The van der Waals surface area contributed by atoms with Crippen LogP contribution in [0.4, 0.5) is 0 Å². The Hall–Kier alpha value is -3.20. The number of aromatic nitrogens is 3. The number of nitrogens with one attached hydrogen (secondary N) is 1. The molecule has 3 aromatic heterocycles. The Bertz CT molecular complexity index is 1990. The molecule has 10 nitrogen and oxygen atoms in total. The fourth-order valence-corrected chi connectivity index (χ4v) is 7.40. The van der Waals surface area contributed by atoms with Crippen LogP contribution in [0.1, 0.15) is 49.7 Å². The van der Waals surface area contributed by atoms with E-state index in [-0.39, 0.29) is 17.7 Å². The monoisotopic (exact) mass is 748 g/mol. The second-order valence-corrected chi connectivity index (χ2v) is 13.1. The van der Waals surface area contributed by atoms with Crippen molar-refractivity contribution in [2.45, 2.75) is 49.9 Å². The van der Waals surface area contributed by atoms with Gasteiger partial charge in [0.05, 0.1) is 34.0 Å². The van der Waals surface area contributed by atoms with E-state index in [1.54, 1.807) is 39.2 Å². The van der Waals surface area contributed by atoms with Gasteiger partial charge in [-0.25, -0.2) is 14.8 Å². The van der Waals surface area contributed by atoms with Crippen molar-refractivity contribution >= 4 is 67.0 Å². The van der Waals surface area contributed by atoms with Crippen molar-refractivity contribution < 1.29 is 18.7 Å². The van der Waals surface area contributed by atoms with Crippen molar-refractivity contribution in [2.24, 2.45) is 4.99 Å². The molecule has 1 aromatic carbocycles. The Morgan fingerprint density at radius 2 is 2.02 bits per heavy atom. The number of halogens is 2. The summed E-state index contributed by atoms with van der Waals surface area (Å²) in [6.07, 6.45) is 2.89. The largest absolute Gasteiger partial charge is 0.496 e. The Kier molecular flexibility index (Phi) is 9.59. The van der Waals surface area contributed by atoms with Gasteiger partial charge in [0.25, 0.3) is 11.1 Å². The Labute approximate surface area is 270 Å². The summed E-state index contributed by atoms with van der Waals surface area (Å²) in [6, 6.07) is 7.77. The van der Waals surface area contributed by atoms with E-state index in [1.807, 2.05) is 19.1 Å². The summed E-state index contributed by atoms with van der Waals surface area (Å²) in [5.41, 5.74) is 1.46. The number of aromatic amines is 1. The first-order chi connectivity index (χ1) is 20.6. The second kappa shape index (κ2) is 13.2. The molecule has 1 aliphatic rings. The minimum Gasteiger partial charge on any atom is -0.496 e. The molecule has 0 amide bonds. The van der Waals surface area contributed by atoms with Crippen molar-refractivity contribution in [3.8, 4) is 5.75 Å². The summed E-state index contributed by atoms with van der Waals surface area (Å²) in [7, 11) is 1.55. The first-order valence-corrected chi connectivity index (χ1v) is 16.5. The Balaban J connectivity index is 1.68. The number of benzene rings is 1. The van der Waals surface area contributed by atoms with Crippen LogP contribution >= 0.6 is 55.0 Å². The molecule has 14 heteroatoms. The quantitative estimate of drug-likeness (QED) is 0.182. The molecular formula is C29H26Br2N4O6S2. The van der Waals surface area contributed by atoms with Gasteiger partial charge in [-0.15, -0.1) is 0 Å². The van der Waals surface area contributed by atoms with Crippen LogP contribution in [-0.4, -0.2) is 34.2 Å². The minimum absolute atomic E-state index is 0.175. The van der Waals surface area contributed by atoms with E-state index in [2.05, 4.69) is 41.8 Å². The van der Waals surface area contributed by atoms with E-state index >= 15 is 0 Å². The fraction of sp³-hybridized carbons (Fsp3) is 0.276. The van der Waals surface area contributed by atoms with Gasteiger partial charge >= 0.3 is 5.97 Å². The lowest BCUT2D eigenvalue weighted by Crippen LogP contribution is -2.40. The normalized spacial score (nSPS) is 14.9. The van der Waals surface area contributed by atoms with Crippen LogP contribution < -0.4 is 25.2 Å². The molecule has 1 aliphatic heterocycles. The van der Waals surface area contributed by atoms with Crippen LogP contribution in [0.5, 0.6) is 5.75 Å². The van der Waals surface area contributed by atoms with Crippen LogP contribution in [0.3, 0.4) is 0 Å². The molecule has 0 bridgehead atoms. The maximum absolute atomic E-state index is 14.1. The molecule has 4 aromatic rings. The summed E-state index contributed by atoms with van der Waals surface area (Å²) in [5.74, 6) is 0.391. The summed E-state index contributed by atoms with van der Waals surface area (Å²) >= 11 is 9.37. The molecule has 0 radical (unpaired) electrons. The third kappa shape index (κ3) is 6.52. The van der Waals surface area contributed by atoms with Crippen LogP contribution in [0.15, 0.2) is 79.8 Å². The molecule has 0 saturated carbocycles. The van der Waals surface area contributed by atoms with Crippen molar-refractivity contribution in [2.75, 3.05) is 13.7 Å². The third-order valence-corrected chi connectivity index (χ3v) is 9.57. The number of nitrogens with zero attached hydrogens (tertiary/aromatic N) is 3. The predicted molar refractivity (Wildman–Crippen MR) is 170 cm³/mol. The summed E-state index contributed by atoms with van der Waals surface area (Å²) in [4.78, 5) is 51.6. The van der Waals surface area contributed by atoms with Gasteiger partial charge in [-0.05, 0) is 72.2 Å². The number of allylic oxidation sites excluding steroid dienone is 1. The molecule has 1 atom stereocenters. The standard InChI is InChI=1S/C29H26Br2N4O6S2/c1-5-7-19-23(26(38)40-6-2)24(17-11-15(30)8-9-20(17)39-4)35-25(37)21(42-29(35)33-19)13-16-12-18(31)27(41-16)43-28-32-14(3)10-22(36)34-28/h8-13,24H,5-7H2,1-4H3,(H,32,34,36)/b21-13-/t24-/m0/s1. The lowest BCUT2D eigenvalue weighted by atomic mass is 9.93. The van der Waals surface area contributed by atoms with Gasteiger partial charge in [0.15, 0.2) is 15.1 Å². The number of aryl methyl sites for hydroxylation is 1. The predicted octanol–water partition coefficient (Wildman–Crippen LogP) is 5.25. The van der Waals surface area contributed by atoms with Gasteiger partial charge in [-0.3, -0.25) is 14.2 Å². The number of furan rings is 1. The van der Waals surface area contributed by atoms with Gasteiger partial charge in [0, 0.05) is 27.9 Å². The summed E-state index contributed by atoms with van der Waals surface area (Å²) < 4.78 is 20.4. The number of esters is 1. The molecular weight excluding hydrogens is 724 g/mol. The molecule has 0 saturated heterocycles. The average molecular weight is 750 g/mol. The van der Waals surface area contributed by atoms with Crippen molar-refractivity contribution in [1.29, 1.82) is 0 Å². The summed E-state index contributed by atoms with van der Waals surface area (Å²) in [5, 5.41) is 0.836. The van der Waals surface area contributed by atoms with Gasteiger partial charge in [0.1, 0.15) is 17.6 Å². The van der Waals surface area contributed by atoms with E-state index in [4.69, 9.17) is 18.9 Å². The van der Waals surface area contributed by atoms with Gasteiger partial charge in [0.2, 0.25) is 0 Å². The van der Waals surface area contributed by atoms with Gasteiger partial charge < -0.3 is 18.9 Å². The molecule has 0 fully saturated rings. The first kappa shape index (κ1) is 31.2. The van der Waals surface area contributed by atoms with Crippen molar-refractivity contribution in [3.63, 3.8) is 0 Å². The zero-order chi connectivity index (χ0) is 30.8. The Morgan fingerprint density at radius 1 is 1.23 bits per heavy atom. The minimum atomic E-state index is -0.829. The number of carbonyl (C=O) groups excluding carboxylic acids is 1. The molecule has 224 valence electrons. The lowest BCUT2D eigenvalue weighted by Gasteiger charge is -2.27. The number of H-pyrrole nitrogens is 1. The Morgan fingerprint density at radius 3 is 2.72 bits per heavy atom. The molecule has 43 heavy (non-hydrogen) atoms. The van der Waals surface area contributed by atoms with E-state index < -0.39 is 12.0 Å². The lowest BCUT2D eigenvalue weighted by molar-refractivity contribution is -0.139. The second-order valence-electron chi connectivity index (χ2n) is 9.38. The zero-order valence-electron chi connectivity index (χ0n) is 23.5. The maximum atomic E-state index is 14.1. The van der Waals surface area contributed by atoms with E-state index in [0.29, 0.717) is 64.5 Å². The number of methoxy groups -OCH3 is 1. The molecule has 0 aliphatic carbocycles. The number of thiazole rings is 1. The number of ether oxygens (including phenoxy) is 2. The number of hydrogen-bond acceptors (Lipinski definition) is 10. The number of carbonyl (C=O) groups is 1.